The third-order valence-electron chi connectivity index (χ3n) is 4.70. The molecule has 3 nitrogen and oxygen atoms in total. The Morgan fingerprint density at radius 2 is 2.00 bits per heavy atom. The summed E-state index contributed by atoms with van der Waals surface area (Å²) < 4.78 is 0. The third-order valence-corrected chi connectivity index (χ3v) is 4.70. The van der Waals surface area contributed by atoms with Gasteiger partial charge in [-0.3, -0.25) is 0 Å². The smallest absolute Gasteiger partial charge is 0.0330 e. The van der Waals surface area contributed by atoms with Crippen molar-refractivity contribution in [2.75, 3.05) is 40.3 Å². The van der Waals surface area contributed by atoms with Crippen molar-refractivity contribution in [3.05, 3.63) is 0 Å². The summed E-state index contributed by atoms with van der Waals surface area (Å²) in [6.45, 7) is 4.62. The molecule has 94 valence electrons. The Hall–Kier alpha value is -0.120. The van der Waals surface area contributed by atoms with Crippen LogP contribution in [0.1, 0.15) is 32.1 Å². The van der Waals surface area contributed by atoms with Crippen molar-refractivity contribution in [1.82, 2.24) is 9.80 Å². The van der Waals surface area contributed by atoms with Gasteiger partial charge in [-0.1, -0.05) is 12.8 Å². The van der Waals surface area contributed by atoms with Crippen LogP contribution in [0.15, 0.2) is 0 Å². The molecular weight excluding hydrogens is 198 g/mol. The standard InChI is InChI=1S/C13H27N3/c1-15(2)13(6-3-4-7-13)11-16-8-5-12(9-14)10-16/h12H,3-11,14H2,1-2H3. The predicted octanol–water partition coefficient (Wildman–Crippen LogP) is 1.14. The molecule has 1 aliphatic carbocycles. The van der Waals surface area contributed by atoms with Crippen molar-refractivity contribution in [1.29, 1.82) is 0 Å². The van der Waals surface area contributed by atoms with Crippen LogP contribution >= 0.6 is 0 Å². The normalized spacial score (nSPS) is 30.4. The minimum atomic E-state index is 0.462. The molecule has 2 N–H and O–H groups in total. The molecule has 0 aromatic rings. The highest BCUT2D eigenvalue weighted by molar-refractivity contribution is 4.96. The lowest BCUT2D eigenvalue weighted by atomic mass is 9.95. The Bertz CT molecular complexity index is 221. The Morgan fingerprint density at radius 3 is 2.50 bits per heavy atom. The van der Waals surface area contributed by atoms with Crippen LogP contribution in [0.4, 0.5) is 0 Å². The zero-order chi connectivity index (χ0) is 11.6. The predicted molar refractivity (Wildman–Crippen MR) is 68.5 cm³/mol. The van der Waals surface area contributed by atoms with Crippen LogP contribution in [0.3, 0.4) is 0 Å². The first-order chi connectivity index (χ1) is 7.66. The molecule has 2 fully saturated rings. The summed E-state index contributed by atoms with van der Waals surface area (Å²) in [6, 6.07) is 0. The molecule has 1 unspecified atom stereocenters. The molecule has 1 atom stereocenters. The molecule has 2 aliphatic rings. The number of likely N-dealkylation sites (N-methyl/N-ethyl adjacent to an activating group) is 1. The van der Waals surface area contributed by atoms with Crippen LogP contribution in [0, 0.1) is 5.92 Å². The molecule has 0 aromatic carbocycles. The van der Waals surface area contributed by atoms with E-state index in [9.17, 15) is 0 Å². The van der Waals surface area contributed by atoms with Gasteiger partial charge in [0.15, 0.2) is 0 Å². The number of nitrogens with zero attached hydrogens (tertiary/aromatic N) is 2. The van der Waals surface area contributed by atoms with E-state index in [4.69, 9.17) is 5.73 Å². The van der Waals surface area contributed by atoms with Gasteiger partial charge in [-0.15, -0.1) is 0 Å². The molecule has 0 amide bonds. The van der Waals surface area contributed by atoms with Gasteiger partial charge < -0.3 is 15.5 Å². The molecule has 1 heterocycles. The first-order valence-corrected chi connectivity index (χ1v) is 6.76. The quantitative estimate of drug-likeness (QED) is 0.779. The Balaban J connectivity index is 1.92. The zero-order valence-electron chi connectivity index (χ0n) is 10.9. The van der Waals surface area contributed by atoms with Crippen LogP contribution in [-0.4, -0.2) is 55.6 Å². The van der Waals surface area contributed by atoms with E-state index in [0.717, 1.165) is 12.5 Å². The maximum Gasteiger partial charge on any atom is 0.0330 e. The molecule has 1 saturated heterocycles. The van der Waals surface area contributed by atoms with E-state index in [1.807, 2.05) is 0 Å². The second-order valence-corrected chi connectivity index (χ2v) is 5.95. The van der Waals surface area contributed by atoms with E-state index >= 15 is 0 Å². The highest BCUT2D eigenvalue weighted by Crippen LogP contribution is 2.35. The summed E-state index contributed by atoms with van der Waals surface area (Å²) in [5.41, 5.74) is 6.22. The Morgan fingerprint density at radius 1 is 1.31 bits per heavy atom. The van der Waals surface area contributed by atoms with E-state index in [1.54, 1.807) is 0 Å². The first kappa shape index (κ1) is 12.3. The van der Waals surface area contributed by atoms with Crippen molar-refractivity contribution in [2.24, 2.45) is 11.7 Å². The molecule has 0 spiro atoms. The van der Waals surface area contributed by atoms with Crippen molar-refractivity contribution in [3.8, 4) is 0 Å². The van der Waals surface area contributed by atoms with Crippen molar-refractivity contribution >= 4 is 0 Å². The maximum atomic E-state index is 5.76. The van der Waals surface area contributed by atoms with Gasteiger partial charge in [0, 0.05) is 18.6 Å². The molecule has 3 heteroatoms. The molecular formula is C13H27N3. The summed E-state index contributed by atoms with van der Waals surface area (Å²) in [4.78, 5) is 5.11. The van der Waals surface area contributed by atoms with E-state index in [1.165, 1.54) is 51.7 Å². The molecule has 0 aromatic heterocycles. The van der Waals surface area contributed by atoms with Gasteiger partial charge in [0.2, 0.25) is 0 Å². The largest absolute Gasteiger partial charge is 0.330 e. The fraction of sp³-hybridized carbons (Fsp3) is 1.00. The van der Waals surface area contributed by atoms with Crippen LogP contribution in [-0.2, 0) is 0 Å². The van der Waals surface area contributed by atoms with Gasteiger partial charge in [-0.2, -0.15) is 0 Å². The van der Waals surface area contributed by atoms with E-state index in [2.05, 4.69) is 23.9 Å². The van der Waals surface area contributed by atoms with Crippen LogP contribution in [0.2, 0.25) is 0 Å². The summed E-state index contributed by atoms with van der Waals surface area (Å²) in [6.07, 6.45) is 6.88. The molecule has 16 heavy (non-hydrogen) atoms. The van der Waals surface area contributed by atoms with Gasteiger partial charge in [0.05, 0.1) is 0 Å². The van der Waals surface area contributed by atoms with Crippen molar-refractivity contribution < 1.29 is 0 Å². The number of nitrogens with two attached hydrogens (primary N) is 1. The lowest BCUT2D eigenvalue weighted by Crippen LogP contribution is -2.50. The van der Waals surface area contributed by atoms with Gasteiger partial charge in [-0.05, 0) is 52.4 Å². The van der Waals surface area contributed by atoms with Crippen LogP contribution in [0.5, 0.6) is 0 Å². The van der Waals surface area contributed by atoms with Gasteiger partial charge in [-0.25, -0.2) is 0 Å². The fourth-order valence-corrected chi connectivity index (χ4v) is 3.44. The van der Waals surface area contributed by atoms with Gasteiger partial charge in [0.25, 0.3) is 0 Å². The topological polar surface area (TPSA) is 32.5 Å². The van der Waals surface area contributed by atoms with Crippen LogP contribution < -0.4 is 5.73 Å². The lowest BCUT2D eigenvalue weighted by Gasteiger charge is -2.39. The van der Waals surface area contributed by atoms with E-state index in [-0.39, 0.29) is 0 Å². The fourth-order valence-electron chi connectivity index (χ4n) is 3.44. The highest BCUT2D eigenvalue weighted by Gasteiger charge is 2.38. The number of likely N-dealkylation sites (tertiary alicyclic amines) is 1. The van der Waals surface area contributed by atoms with Crippen LogP contribution in [0.25, 0.3) is 0 Å². The summed E-state index contributed by atoms with van der Waals surface area (Å²) >= 11 is 0. The molecule has 2 rings (SSSR count). The maximum absolute atomic E-state index is 5.76. The van der Waals surface area contributed by atoms with Gasteiger partial charge in [0.1, 0.15) is 0 Å². The molecule has 1 aliphatic heterocycles. The summed E-state index contributed by atoms with van der Waals surface area (Å²) in [5.74, 6) is 0.751. The zero-order valence-corrected chi connectivity index (χ0v) is 10.9. The Labute approximate surface area is 100.0 Å². The number of hydrogen-bond donors (Lipinski definition) is 1. The minimum Gasteiger partial charge on any atom is -0.330 e. The SMILES string of the molecule is CN(C)C1(CN2CCC(CN)C2)CCCC1. The second-order valence-electron chi connectivity index (χ2n) is 5.95. The van der Waals surface area contributed by atoms with E-state index in [0.29, 0.717) is 5.54 Å². The first-order valence-electron chi connectivity index (χ1n) is 6.76. The monoisotopic (exact) mass is 225 g/mol. The second kappa shape index (κ2) is 5.03. The minimum absolute atomic E-state index is 0.462. The highest BCUT2D eigenvalue weighted by atomic mass is 15.2. The number of rotatable bonds is 4. The van der Waals surface area contributed by atoms with E-state index < -0.39 is 0 Å². The molecule has 0 bridgehead atoms. The molecule has 1 saturated carbocycles. The third kappa shape index (κ3) is 2.41. The van der Waals surface area contributed by atoms with Crippen molar-refractivity contribution in [2.45, 2.75) is 37.6 Å². The lowest BCUT2D eigenvalue weighted by molar-refractivity contribution is 0.103. The number of hydrogen-bond acceptors (Lipinski definition) is 3. The van der Waals surface area contributed by atoms with Gasteiger partial charge >= 0.3 is 0 Å². The summed E-state index contributed by atoms with van der Waals surface area (Å²) in [5, 5.41) is 0. The average molecular weight is 225 g/mol. The molecule has 0 radical (unpaired) electrons. The van der Waals surface area contributed by atoms with Crippen molar-refractivity contribution in [3.63, 3.8) is 0 Å². The Kier molecular flexibility index (Phi) is 3.88. The average Bonchev–Trinajstić information content (AvgIpc) is 2.88. The summed E-state index contributed by atoms with van der Waals surface area (Å²) in [7, 11) is 4.50.